The molecule has 0 bridgehead atoms. The summed E-state index contributed by atoms with van der Waals surface area (Å²) in [5.41, 5.74) is 4.93. The molecule has 3 aromatic rings. The van der Waals surface area contributed by atoms with Crippen molar-refractivity contribution in [2.24, 2.45) is 0 Å². The number of aromatic amines is 1. The Morgan fingerprint density at radius 1 is 1.27 bits per heavy atom. The molecule has 0 aliphatic carbocycles. The van der Waals surface area contributed by atoms with Crippen LogP contribution in [-0.4, -0.2) is 42.5 Å². The number of aryl methyl sites for hydroxylation is 2. The monoisotopic (exact) mass is 449 g/mol. The van der Waals surface area contributed by atoms with Crippen LogP contribution in [0.4, 0.5) is 4.79 Å². The number of imidazole rings is 1. The molecule has 1 aliphatic heterocycles. The molecule has 4 rings (SSSR count). The molecule has 0 fully saturated rings. The Bertz CT molecular complexity index is 1270. The van der Waals surface area contributed by atoms with Crippen LogP contribution in [0.2, 0.25) is 0 Å². The van der Waals surface area contributed by atoms with Gasteiger partial charge < -0.3 is 14.6 Å². The maximum Gasteiger partial charge on any atom is 0.410 e. The highest BCUT2D eigenvalue weighted by molar-refractivity contribution is 5.70. The molecule has 2 aromatic heterocycles. The molecular formula is C25H31N5O3. The van der Waals surface area contributed by atoms with Crippen molar-refractivity contribution in [3.8, 4) is 11.5 Å². The Balaban J connectivity index is 1.90. The van der Waals surface area contributed by atoms with Crippen LogP contribution in [0.3, 0.4) is 0 Å². The quantitative estimate of drug-likeness (QED) is 0.640. The Labute approximate surface area is 193 Å². The zero-order valence-electron chi connectivity index (χ0n) is 20.1. The van der Waals surface area contributed by atoms with Crippen LogP contribution in [0, 0.1) is 13.8 Å². The summed E-state index contributed by atoms with van der Waals surface area (Å²) in [6, 6.07) is 3.77. The maximum absolute atomic E-state index is 12.9. The Morgan fingerprint density at radius 3 is 2.48 bits per heavy atom. The van der Waals surface area contributed by atoms with E-state index in [1.807, 2.05) is 64.4 Å². The van der Waals surface area contributed by atoms with Gasteiger partial charge in [-0.3, -0.25) is 4.57 Å². The zero-order chi connectivity index (χ0) is 24.1. The molecule has 3 heterocycles. The Kier molecular flexibility index (Phi) is 5.56. The third kappa shape index (κ3) is 4.01. The number of nitrogens with zero attached hydrogens (tertiary/aromatic N) is 4. The molecule has 8 nitrogen and oxygen atoms in total. The van der Waals surface area contributed by atoms with Crippen LogP contribution in [0.5, 0.6) is 0 Å². The van der Waals surface area contributed by atoms with Crippen LogP contribution < -0.4 is 5.69 Å². The lowest BCUT2D eigenvalue weighted by Crippen LogP contribution is -2.42. The largest absolute Gasteiger partial charge is 0.444 e. The SMILES string of the molecule is C=Cc1c(C)cc(-n2nc3c(c2-n2cc[nH]c2=O)[C@H](C)N(C(=O)OC(C)(C)C)CC3)cc1C. The van der Waals surface area contributed by atoms with Crippen molar-refractivity contribution in [1.82, 2.24) is 24.2 Å². The number of rotatable bonds is 3. The van der Waals surface area contributed by atoms with Crippen LogP contribution in [0.1, 0.15) is 61.7 Å². The number of H-pyrrole nitrogens is 1. The van der Waals surface area contributed by atoms with Crippen LogP contribution in [0.15, 0.2) is 35.9 Å². The van der Waals surface area contributed by atoms with Crippen molar-refractivity contribution < 1.29 is 9.53 Å². The molecule has 8 heteroatoms. The fourth-order valence-electron chi connectivity index (χ4n) is 4.52. The van der Waals surface area contributed by atoms with E-state index in [4.69, 9.17) is 9.84 Å². The molecular weight excluding hydrogens is 418 g/mol. The summed E-state index contributed by atoms with van der Waals surface area (Å²) in [5.74, 6) is 0.627. The fourth-order valence-corrected chi connectivity index (χ4v) is 4.52. The second-order valence-corrected chi connectivity index (χ2v) is 9.53. The van der Waals surface area contributed by atoms with Crippen molar-refractivity contribution in [3.63, 3.8) is 0 Å². The average molecular weight is 450 g/mol. The third-order valence-corrected chi connectivity index (χ3v) is 5.98. The molecule has 0 spiro atoms. The highest BCUT2D eigenvalue weighted by Crippen LogP contribution is 2.36. The molecule has 1 N–H and O–H groups in total. The van der Waals surface area contributed by atoms with Crippen molar-refractivity contribution in [2.75, 3.05) is 6.54 Å². The van der Waals surface area contributed by atoms with E-state index < -0.39 is 5.60 Å². The van der Waals surface area contributed by atoms with Crippen LogP contribution in [-0.2, 0) is 11.2 Å². The summed E-state index contributed by atoms with van der Waals surface area (Å²) in [5, 5.41) is 4.91. The summed E-state index contributed by atoms with van der Waals surface area (Å²) in [6.07, 6.45) is 5.33. The normalized spacial score (nSPS) is 15.9. The van der Waals surface area contributed by atoms with E-state index in [0.29, 0.717) is 18.8 Å². The standard InChI is InChI=1S/C25H31N5O3/c1-8-19-15(2)13-18(14-16(19)3)30-22(29-12-10-26-23(29)31)21-17(4)28(11-9-20(21)27-30)24(32)33-25(5,6)7/h8,10,12-14,17H,1,9,11H2,2-7H3,(H,26,31)/t17-/m0/s1. The lowest BCUT2D eigenvalue weighted by molar-refractivity contribution is 0.0159. The Hall–Kier alpha value is -3.55. The van der Waals surface area contributed by atoms with Gasteiger partial charge in [-0.1, -0.05) is 12.7 Å². The highest BCUT2D eigenvalue weighted by Gasteiger charge is 2.36. The van der Waals surface area contributed by atoms with Gasteiger partial charge in [0.2, 0.25) is 0 Å². The van der Waals surface area contributed by atoms with Crippen molar-refractivity contribution in [2.45, 2.75) is 59.6 Å². The Morgan fingerprint density at radius 2 is 1.94 bits per heavy atom. The minimum atomic E-state index is -0.594. The van der Waals surface area contributed by atoms with Gasteiger partial charge in [0.05, 0.1) is 17.4 Å². The molecule has 1 amide bonds. The van der Waals surface area contributed by atoms with E-state index in [0.717, 1.165) is 33.6 Å². The minimum absolute atomic E-state index is 0.267. The van der Waals surface area contributed by atoms with E-state index in [1.54, 1.807) is 21.9 Å². The number of hydrogen-bond acceptors (Lipinski definition) is 4. The molecule has 1 aliphatic rings. The number of ether oxygens (including phenoxy) is 1. The number of fused-ring (bicyclic) bond motifs is 1. The molecule has 33 heavy (non-hydrogen) atoms. The fraction of sp³-hybridized carbons (Fsp3) is 0.400. The van der Waals surface area contributed by atoms with Gasteiger partial charge in [-0.25, -0.2) is 14.3 Å². The van der Waals surface area contributed by atoms with Gasteiger partial charge >= 0.3 is 11.8 Å². The summed E-state index contributed by atoms with van der Waals surface area (Å²) in [6.45, 7) is 16.0. The predicted molar refractivity (Wildman–Crippen MR) is 128 cm³/mol. The van der Waals surface area contributed by atoms with Gasteiger partial charge in [0.1, 0.15) is 11.4 Å². The van der Waals surface area contributed by atoms with Gasteiger partial charge in [0.15, 0.2) is 0 Å². The second-order valence-electron chi connectivity index (χ2n) is 9.53. The zero-order valence-corrected chi connectivity index (χ0v) is 20.1. The molecule has 1 aromatic carbocycles. The average Bonchev–Trinajstić information content (AvgIpc) is 3.30. The first-order valence-electron chi connectivity index (χ1n) is 11.1. The summed E-state index contributed by atoms with van der Waals surface area (Å²) in [7, 11) is 0. The third-order valence-electron chi connectivity index (χ3n) is 5.98. The second kappa shape index (κ2) is 8.10. The highest BCUT2D eigenvalue weighted by atomic mass is 16.6. The van der Waals surface area contributed by atoms with Crippen molar-refractivity contribution in [1.29, 1.82) is 0 Å². The summed E-state index contributed by atoms with van der Waals surface area (Å²) >= 11 is 0. The van der Waals surface area contributed by atoms with Gasteiger partial charge in [-0.05, 0) is 70.4 Å². The maximum atomic E-state index is 12.9. The van der Waals surface area contributed by atoms with Crippen molar-refractivity contribution in [3.05, 3.63) is 69.5 Å². The van der Waals surface area contributed by atoms with Crippen LogP contribution >= 0.6 is 0 Å². The van der Waals surface area contributed by atoms with Gasteiger partial charge in [0, 0.05) is 30.9 Å². The number of amides is 1. The van der Waals surface area contributed by atoms with E-state index in [9.17, 15) is 9.59 Å². The molecule has 0 unspecified atom stereocenters. The van der Waals surface area contributed by atoms with E-state index in [1.165, 1.54) is 0 Å². The number of carbonyl (C=O) groups excluding carboxylic acids is 1. The molecule has 0 saturated heterocycles. The summed E-state index contributed by atoms with van der Waals surface area (Å²) in [4.78, 5) is 30.0. The lowest BCUT2D eigenvalue weighted by Gasteiger charge is -2.34. The lowest BCUT2D eigenvalue weighted by atomic mass is 9.99. The first-order chi connectivity index (χ1) is 15.5. The van der Waals surface area contributed by atoms with Gasteiger partial charge in [-0.15, -0.1) is 0 Å². The number of benzene rings is 1. The molecule has 1 atom stereocenters. The molecule has 174 valence electrons. The van der Waals surface area contributed by atoms with E-state index >= 15 is 0 Å². The number of hydrogen-bond donors (Lipinski definition) is 1. The topological polar surface area (TPSA) is 85.2 Å². The number of carbonyl (C=O) groups is 1. The van der Waals surface area contributed by atoms with Crippen LogP contribution in [0.25, 0.3) is 17.6 Å². The first-order valence-corrected chi connectivity index (χ1v) is 11.1. The first kappa shape index (κ1) is 22.6. The summed E-state index contributed by atoms with van der Waals surface area (Å²) < 4.78 is 9.00. The van der Waals surface area contributed by atoms with Gasteiger partial charge in [-0.2, -0.15) is 5.10 Å². The number of aromatic nitrogens is 4. The number of nitrogens with one attached hydrogen (secondary N) is 1. The van der Waals surface area contributed by atoms with Crippen molar-refractivity contribution >= 4 is 12.2 Å². The minimum Gasteiger partial charge on any atom is -0.444 e. The van der Waals surface area contributed by atoms with E-state index in [-0.39, 0.29) is 17.8 Å². The molecule has 0 saturated carbocycles. The smallest absolute Gasteiger partial charge is 0.410 e. The van der Waals surface area contributed by atoms with Gasteiger partial charge in [0.25, 0.3) is 0 Å². The van der Waals surface area contributed by atoms with E-state index in [2.05, 4.69) is 11.6 Å². The molecule has 0 radical (unpaired) electrons. The predicted octanol–water partition coefficient (Wildman–Crippen LogP) is 4.47.